The summed E-state index contributed by atoms with van der Waals surface area (Å²) in [5.74, 6) is 0.599. The molecule has 0 amide bonds. The van der Waals surface area contributed by atoms with Crippen LogP contribution in [0.2, 0.25) is 0 Å². The molecule has 7 heteroatoms. The Morgan fingerprint density at radius 3 is 3.05 bits per heavy atom. The zero-order chi connectivity index (χ0) is 14.3. The molecule has 0 saturated carbocycles. The second-order valence-corrected chi connectivity index (χ2v) is 8.91. The zero-order valence-corrected chi connectivity index (χ0v) is 13.4. The molecule has 20 heavy (non-hydrogen) atoms. The van der Waals surface area contributed by atoms with E-state index in [-0.39, 0.29) is 11.8 Å². The van der Waals surface area contributed by atoms with Gasteiger partial charge in [-0.2, -0.15) is 0 Å². The maximum absolute atomic E-state index is 11.6. The molecule has 0 bridgehead atoms. The molecular weight excluding hydrogens is 294 g/mol. The minimum Gasteiger partial charge on any atom is -0.307 e. The van der Waals surface area contributed by atoms with E-state index in [4.69, 9.17) is 0 Å². The Hall–Kier alpha value is -0.920. The van der Waals surface area contributed by atoms with Crippen LogP contribution >= 0.6 is 11.3 Å². The van der Waals surface area contributed by atoms with Crippen LogP contribution in [0.3, 0.4) is 0 Å². The van der Waals surface area contributed by atoms with Crippen LogP contribution in [0.15, 0.2) is 6.20 Å². The van der Waals surface area contributed by atoms with Gasteiger partial charge in [-0.1, -0.05) is 0 Å². The number of nitrogens with one attached hydrogen (secondary N) is 1. The standard InChI is InChI=1S/C13H19N3O2S2/c1-9-7-16-12(10(2)15-13(16)19-9)6-14-11-4-3-5-20(17,18)8-11/h7,11,14H,3-6,8H2,1-2H3. The maximum atomic E-state index is 11.6. The quantitative estimate of drug-likeness (QED) is 0.936. The minimum absolute atomic E-state index is 0.0680. The highest BCUT2D eigenvalue weighted by Gasteiger charge is 2.24. The first-order valence-corrected chi connectivity index (χ1v) is 9.46. The molecular formula is C13H19N3O2S2. The van der Waals surface area contributed by atoms with E-state index in [1.54, 1.807) is 11.3 Å². The van der Waals surface area contributed by atoms with Gasteiger partial charge in [0.05, 0.1) is 22.9 Å². The molecule has 1 unspecified atom stereocenters. The van der Waals surface area contributed by atoms with Gasteiger partial charge in [0.1, 0.15) is 0 Å². The van der Waals surface area contributed by atoms with Crippen LogP contribution in [0, 0.1) is 13.8 Å². The first-order valence-electron chi connectivity index (χ1n) is 6.82. The Morgan fingerprint density at radius 1 is 1.50 bits per heavy atom. The van der Waals surface area contributed by atoms with Crippen LogP contribution in [-0.4, -0.2) is 35.4 Å². The highest BCUT2D eigenvalue weighted by Crippen LogP contribution is 2.21. The molecule has 0 spiro atoms. The van der Waals surface area contributed by atoms with Crippen LogP contribution in [0.25, 0.3) is 4.96 Å². The molecule has 0 aliphatic carbocycles. The largest absolute Gasteiger partial charge is 0.307 e. The third-order valence-corrected chi connectivity index (χ3v) is 6.48. The predicted octanol–water partition coefficient (Wildman–Crippen LogP) is 1.68. The fourth-order valence-corrected chi connectivity index (χ4v) is 5.31. The summed E-state index contributed by atoms with van der Waals surface area (Å²) in [5, 5.41) is 3.39. The van der Waals surface area contributed by atoms with Crippen molar-refractivity contribution in [3.63, 3.8) is 0 Å². The van der Waals surface area contributed by atoms with E-state index in [9.17, 15) is 8.42 Å². The van der Waals surface area contributed by atoms with Crippen molar-refractivity contribution < 1.29 is 8.42 Å². The maximum Gasteiger partial charge on any atom is 0.194 e. The van der Waals surface area contributed by atoms with Crippen molar-refractivity contribution in [1.29, 1.82) is 0 Å². The van der Waals surface area contributed by atoms with Crippen LogP contribution in [0.1, 0.15) is 29.1 Å². The van der Waals surface area contributed by atoms with Gasteiger partial charge in [-0.25, -0.2) is 13.4 Å². The number of hydrogen-bond acceptors (Lipinski definition) is 5. The van der Waals surface area contributed by atoms with Crippen LogP contribution in [-0.2, 0) is 16.4 Å². The van der Waals surface area contributed by atoms with Crippen molar-refractivity contribution in [2.45, 2.75) is 39.3 Å². The monoisotopic (exact) mass is 313 g/mol. The lowest BCUT2D eigenvalue weighted by atomic mass is 10.2. The molecule has 3 rings (SSSR count). The van der Waals surface area contributed by atoms with Crippen LogP contribution in [0.4, 0.5) is 0 Å². The molecule has 1 atom stereocenters. The molecule has 1 N–H and O–H groups in total. The molecule has 5 nitrogen and oxygen atoms in total. The number of aromatic nitrogens is 2. The molecule has 3 heterocycles. The van der Waals surface area contributed by atoms with E-state index < -0.39 is 9.84 Å². The van der Waals surface area contributed by atoms with Crippen LogP contribution < -0.4 is 5.32 Å². The lowest BCUT2D eigenvalue weighted by Crippen LogP contribution is -2.40. The van der Waals surface area contributed by atoms with Gasteiger partial charge >= 0.3 is 0 Å². The second kappa shape index (κ2) is 5.13. The molecule has 2 aromatic rings. The lowest BCUT2D eigenvalue weighted by molar-refractivity contribution is 0.476. The number of aryl methyl sites for hydroxylation is 2. The summed E-state index contributed by atoms with van der Waals surface area (Å²) in [5.41, 5.74) is 2.15. The number of nitrogens with zero attached hydrogens (tertiary/aromatic N) is 2. The lowest BCUT2D eigenvalue weighted by Gasteiger charge is -2.23. The summed E-state index contributed by atoms with van der Waals surface area (Å²) in [6.45, 7) is 4.74. The van der Waals surface area contributed by atoms with E-state index in [0.717, 1.165) is 29.2 Å². The minimum atomic E-state index is -2.85. The first-order chi connectivity index (χ1) is 9.44. The Kier molecular flexibility index (Phi) is 3.60. The van der Waals surface area contributed by atoms with E-state index in [1.807, 2.05) is 6.92 Å². The van der Waals surface area contributed by atoms with Crippen molar-refractivity contribution in [3.05, 3.63) is 22.5 Å². The van der Waals surface area contributed by atoms with Gasteiger partial charge < -0.3 is 5.32 Å². The third kappa shape index (κ3) is 2.75. The van der Waals surface area contributed by atoms with Gasteiger partial charge in [-0.05, 0) is 26.7 Å². The van der Waals surface area contributed by atoms with Gasteiger partial charge in [0.25, 0.3) is 0 Å². The first kappa shape index (κ1) is 14.0. The predicted molar refractivity (Wildman–Crippen MR) is 81.1 cm³/mol. The summed E-state index contributed by atoms with van der Waals surface area (Å²) >= 11 is 1.68. The Bertz CT molecular complexity index is 730. The zero-order valence-electron chi connectivity index (χ0n) is 11.7. The molecule has 1 saturated heterocycles. The van der Waals surface area contributed by atoms with Gasteiger partial charge in [-0.15, -0.1) is 11.3 Å². The average Bonchev–Trinajstić information content (AvgIpc) is 2.81. The van der Waals surface area contributed by atoms with E-state index in [2.05, 4.69) is 27.8 Å². The summed E-state index contributed by atoms with van der Waals surface area (Å²) in [6.07, 6.45) is 3.79. The normalized spacial score (nSPS) is 22.4. The van der Waals surface area contributed by atoms with E-state index in [1.165, 1.54) is 4.88 Å². The summed E-state index contributed by atoms with van der Waals surface area (Å²) < 4.78 is 25.4. The second-order valence-electron chi connectivity index (χ2n) is 5.47. The summed E-state index contributed by atoms with van der Waals surface area (Å²) in [7, 11) is -2.85. The SMILES string of the molecule is Cc1cn2c(CNC3CCCS(=O)(=O)C3)c(C)nc2s1. The fourth-order valence-electron chi connectivity index (χ4n) is 2.75. The molecule has 2 aromatic heterocycles. The third-order valence-electron chi connectivity index (χ3n) is 3.76. The number of fused-ring (bicyclic) bond motifs is 1. The summed E-state index contributed by atoms with van der Waals surface area (Å²) in [6, 6.07) is 0.0680. The van der Waals surface area contributed by atoms with Gasteiger partial charge in [-0.3, -0.25) is 4.40 Å². The number of thiazole rings is 1. The molecule has 1 aliphatic heterocycles. The fraction of sp³-hybridized carbons (Fsp3) is 0.615. The Labute approximate surface area is 122 Å². The topological polar surface area (TPSA) is 63.5 Å². The van der Waals surface area contributed by atoms with Gasteiger partial charge in [0, 0.05) is 23.7 Å². The molecule has 1 fully saturated rings. The van der Waals surface area contributed by atoms with E-state index >= 15 is 0 Å². The van der Waals surface area contributed by atoms with Gasteiger partial charge in [0.15, 0.2) is 14.8 Å². The Balaban J connectivity index is 1.75. The molecule has 110 valence electrons. The van der Waals surface area contributed by atoms with Crippen molar-refractivity contribution in [2.75, 3.05) is 11.5 Å². The molecule has 1 aliphatic rings. The average molecular weight is 313 g/mol. The van der Waals surface area contributed by atoms with Gasteiger partial charge in [0.2, 0.25) is 0 Å². The van der Waals surface area contributed by atoms with Crippen molar-refractivity contribution in [3.8, 4) is 0 Å². The van der Waals surface area contributed by atoms with Crippen molar-refractivity contribution >= 4 is 26.1 Å². The number of hydrogen-bond donors (Lipinski definition) is 1. The number of rotatable bonds is 3. The van der Waals surface area contributed by atoms with Crippen molar-refractivity contribution in [1.82, 2.24) is 14.7 Å². The van der Waals surface area contributed by atoms with Crippen molar-refractivity contribution in [2.24, 2.45) is 0 Å². The van der Waals surface area contributed by atoms with E-state index in [0.29, 0.717) is 12.3 Å². The number of imidazole rings is 1. The number of sulfone groups is 1. The molecule has 0 aromatic carbocycles. The summed E-state index contributed by atoms with van der Waals surface area (Å²) in [4.78, 5) is 6.79. The highest BCUT2D eigenvalue weighted by atomic mass is 32.2. The smallest absolute Gasteiger partial charge is 0.194 e. The molecule has 0 radical (unpaired) electrons. The highest BCUT2D eigenvalue weighted by molar-refractivity contribution is 7.91. The van der Waals surface area contributed by atoms with Crippen LogP contribution in [0.5, 0.6) is 0 Å². The Morgan fingerprint density at radius 2 is 2.30 bits per heavy atom.